The van der Waals surface area contributed by atoms with Gasteiger partial charge >= 0.3 is 5.97 Å². The average molecular weight is 856 g/mol. The predicted octanol–water partition coefficient (Wildman–Crippen LogP) is 15.8. The Morgan fingerprint density at radius 3 is 1.31 bits per heavy atom. The lowest BCUT2D eigenvalue weighted by molar-refractivity contribution is -0.150. The third-order valence-corrected chi connectivity index (χ3v) is 11.9. The first-order valence-corrected chi connectivity index (χ1v) is 26.4. The van der Waals surface area contributed by atoms with Crippen molar-refractivity contribution in [2.45, 2.75) is 283 Å². The molecule has 0 aromatic carbocycles. The van der Waals surface area contributed by atoms with E-state index in [1.165, 1.54) is 161 Å². The molecule has 0 rings (SSSR count). The molecule has 61 heavy (non-hydrogen) atoms. The van der Waals surface area contributed by atoms with Crippen LogP contribution in [-0.2, 0) is 14.3 Å². The Morgan fingerprint density at radius 2 is 0.869 bits per heavy atom. The molecule has 0 spiro atoms. The molecule has 0 radical (unpaired) electrons. The van der Waals surface area contributed by atoms with Crippen LogP contribution >= 0.6 is 0 Å². The molecule has 0 aromatic rings. The summed E-state index contributed by atoms with van der Waals surface area (Å²) in [7, 11) is 0. The molecule has 356 valence electrons. The number of aliphatic hydroxyl groups excluding tert-OH is 2. The Kier molecular flexibility index (Phi) is 47.1. The highest BCUT2D eigenvalue weighted by Gasteiger charge is 2.23. The van der Waals surface area contributed by atoms with E-state index in [1.54, 1.807) is 0 Å². The minimum atomic E-state index is -0.809. The molecule has 0 aromatic heterocycles. The highest BCUT2D eigenvalue weighted by atomic mass is 16.5. The van der Waals surface area contributed by atoms with Crippen molar-refractivity contribution in [2.24, 2.45) is 0 Å². The monoisotopic (exact) mass is 856 g/mol. The zero-order chi connectivity index (χ0) is 44.5. The second kappa shape index (κ2) is 48.8. The predicted molar refractivity (Wildman–Crippen MR) is 264 cm³/mol. The second-order valence-electron chi connectivity index (χ2n) is 17.9. The van der Waals surface area contributed by atoms with E-state index in [0.29, 0.717) is 19.3 Å². The SMILES string of the molecule is CCCCC/C=C\C/C=C\C/C=C\C/C=C\CC(CC(=O)NC(CO)C(O)CCCCCCCCCCCCCCC)OC(=O)CCCCCCCCCCCCCCCC. The van der Waals surface area contributed by atoms with Gasteiger partial charge in [0.25, 0.3) is 0 Å². The lowest BCUT2D eigenvalue weighted by Crippen LogP contribution is -2.46. The summed E-state index contributed by atoms with van der Waals surface area (Å²) in [5.74, 6) is -0.567. The molecule has 3 N–H and O–H groups in total. The topological polar surface area (TPSA) is 95.9 Å². The van der Waals surface area contributed by atoms with Crippen molar-refractivity contribution in [2.75, 3.05) is 6.61 Å². The lowest BCUT2D eigenvalue weighted by atomic mass is 10.0. The van der Waals surface area contributed by atoms with E-state index in [9.17, 15) is 19.8 Å². The normalized spacial score (nSPS) is 13.6. The Labute approximate surface area is 378 Å². The van der Waals surface area contributed by atoms with Gasteiger partial charge in [-0.1, -0.05) is 249 Å². The summed E-state index contributed by atoms with van der Waals surface area (Å²) < 4.78 is 5.87. The fourth-order valence-corrected chi connectivity index (χ4v) is 7.88. The van der Waals surface area contributed by atoms with Gasteiger partial charge in [-0.05, 0) is 44.9 Å². The molecule has 3 unspecified atom stereocenters. The van der Waals surface area contributed by atoms with Gasteiger partial charge in [0.15, 0.2) is 0 Å². The number of ether oxygens (including phenoxy) is 1. The van der Waals surface area contributed by atoms with Crippen molar-refractivity contribution >= 4 is 11.9 Å². The summed E-state index contributed by atoms with van der Waals surface area (Å²) >= 11 is 0. The summed E-state index contributed by atoms with van der Waals surface area (Å²) in [5.41, 5.74) is 0. The van der Waals surface area contributed by atoms with E-state index in [-0.39, 0.29) is 24.9 Å². The maximum atomic E-state index is 13.2. The average Bonchev–Trinajstić information content (AvgIpc) is 3.25. The zero-order valence-electron chi connectivity index (χ0n) is 40.5. The number of hydrogen-bond donors (Lipinski definition) is 3. The molecular formula is C55H101NO5. The van der Waals surface area contributed by atoms with Crippen LogP contribution in [0.15, 0.2) is 48.6 Å². The molecule has 0 heterocycles. The van der Waals surface area contributed by atoms with Gasteiger partial charge in [-0.3, -0.25) is 9.59 Å². The Morgan fingerprint density at radius 1 is 0.492 bits per heavy atom. The molecule has 0 aliphatic rings. The van der Waals surface area contributed by atoms with Crippen LogP contribution in [0.3, 0.4) is 0 Å². The summed E-state index contributed by atoms with van der Waals surface area (Å²) in [6, 6.07) is -0.728. The molecule has 6 heteroatoms. The Hall–Kier alpha value is -2.18. The van der Waals surface area contributed by atoms with Crippen LogP contribution in [0.4, 0.5) is 0 Å². The highest BCUT2D eigenvalue weighted by Crippen LogP contribution is 2.17. The van der Waals surface area contributed by atoms with E-state index in [2.05, 4.69) is 68.6 Å². The summed E-state index contributed by atoms with van der Waals surface area (Å²) in [6.07, 6.45) is 59.0. The molecule has 6 nitrogen and oxygen atoms in total. The van der Waals surface area contributed by atoms with Gasteiger partial charge in [-0.25, -0.2) is 0 Å². The fraction of sp³-hybridized carbons (Fsp3) is 0.818. The number of unbranched alkanes of at least 4 members (excludes halogenated alkanes) is 28. The molecule has 0 aliphatic carbocycles. The molecule has 0 saturated carbocycles. The number of hydrogen-bond acceptors (Lipinski definition) is 5. The largest absolute Gasteiger partial charge is 0.461 e. The Balaban J connectivity index is 4.69. The van der Waals surface area contributed by atoms with Gasteiger partial charge in [0.2, 0.25) is 5.91 Å². The van der Waals surface area contributed by atoms with Crippen LogP contribution in [0.25, 0.3) is 0 Å². The maximum absolute atomic E-state index is 13.2. The van der Waals surface area contributed by atoms with Crippen LogP contribution in [0.1, 0.15) is 265 Å². The van der Waals surface area contributed by atoms with Crippen molar-refractivity contribution in [3.05, 3.63) is 48.6 Å². The third-order valence-electron chi connectivity index (χ3n) is 11.9. The van der Waals surface area contributed by atoms with Crippen LogP contribution in [0, 0.1) is 0 Å². The van der Waals surface area contributed by atoms with Crippen molar-refractivity contribution in [1.82, 2.24) is 5.32 Å². The first-order chi connectivity index (χ1) is 30.0. The van der Waals surface area contributed by atoms with Crippen LogP contribution in [0.5, 0.6) is 0 Å². The number of nitrogens with one attached hydrogen (secondary N) is 1. The minimum absolute atomic E-state index is 0.00443. The van der Waals surface area contributed by atoms with E-state index < -0.39 is 18.2 Å². The van der Waals surface area contributed by atoms with Crippen molar-refractivity contribution in [3.63, 3.8) is 0 Å². The van der Waals surface area contributed by atoms with Crippen molar-refractivity contribution in [3.8, 4) is 0 Å². The van der Waals surface area contributed by atoms with E-state index in [0.717, 1.165) is 57.8 Å². The van der Waals surface area contributed by atoms with Gasteiger partial charge in [0.1, 0.15) is 6.10 Å². The molecular weight excluding hydrogens is 755 g/mol. The van der Waals surface area contributed by atoms with E-state index >= 15 is 0 Å². The molecule has 0 fully saturated rings. The van der Waals surface area contributed by atoms with Gasteiger partial charge < -0.3 is 20.3 Å². The lowest BCUT2D eigenvalue weighted by Gasteiger charge is -2.24. The number of rotatable bonds is 47. The highest BCUT2D eigenvalue weighted by molar-refractivity contribution is 5.77. The smallest absolute Gasteiger partial charge is 0.306 e. The molecule has 0 saturated heterocycles. The molecule has 0 aliphatic heterocycles. The third kappa shape index (κ3) is 44.2. The first kappa shape index (κ1) is 58.8. The maximum Gasteiger partial charge on any atom is 0.306 e. The van der Waals surface area contributed by atoms with Gasteiger partial charge in [-0.2, -0.15) is 0 Å². The number of allylic oxidation sites excluding steroid dienone is 7. The fourth-order valence-electron chi connectivity index (χ4n) is 7.88. The number of esters is 1. The van der Waals surface area contributed by atoms with Crippen LogP contribution < -0.4 is 5.32 Å². The number of aliphatic hydroxyl groups is 2. The van der Waals surface area contributed by atoms with Crippen LogP contribution in [0.2, 0.25) is 0 Å². The molecule has 1 amide bonds. The van der Waals surface area contributed by atoms with Crippen molar-refractivity contribution in [1.29, 1.82) is 0 Å². The quantitative estimate of drug-likeness (QED) is 0.0322. The van der Waals surface area contributed by atoms with Gasteiger partial charge in [-0.15, -0.1) is 0 Å². The summed E-state index contributed by atoms with van der Waals surface area (Å²) in [6.45, 7) is 6.44. The Bertz CT molecular complexity index is 1050. The van der Waals surface area contributed by atoms with E-state index in [1.807, 2.05) is 6.08 Å². The second-order valence-corrected chi connectivity index (χ2v) is 17.9. The first-order valence-electron chi connectivity index (χ1n) is 26.4. The van der Waals surface area contributed by atoms with Crippen LogP contribution in [-0.4, -0.2) is 46.9 Å². The standard InChI is InChI=1S/C55H101NO5/c1-4-7-10-13-16-19-22-25-27-29-31-34-37-40-43-46-51(61-55(60)48-45-42-39-36-33-30-26-23-20-17-14-11-8-5-2)49-54(59)56-52(50-57)53(58)47-44-41-38-35-32-28-24-21-18-15-12-9-6-3/h16,19,25,27,31,34,40,43,51-53,57-58H,4-15,17-18,20-24,26,28-30,32-33,35-39,41-42,44-50H2,1-3H3,(H,56,59)/b19-16-,27-25-,34-31-,43-40-. The molecule has 0 bridgehead atoms. The number of carbonyl (C=O) groups is 2. The number of carbonyl (C=O) groups excluding carboxylic acids is 2. The molecule has 3 atom stereocenters. The summed E-state index contributed by atoms with van der Waals surface area (Å²) in [4.78, 5) is 26.1. The van der Waals surface area contributed by atoms with Gasteiger partial charge in [0.05, 0.1) is 25.2 Å². The minimum Gasteiger partial charge on any atom is -0.461 e. The summed E-state index contributed by atoms with van der Waals surface area (Å²) in [5, 5.41) is 23.7. The zero-order valence-corrected chi connectivity index (χ0v) is 40.5. The van der Waals surface area contributed by atoms with Gasteiger partial charge in [0, 0.05) is 12.8 Å². The van der Waals surface area contributed by atoms with Crippen molar-refractivity contribution < 1.29 is 24.5 Å². The number of amides is 1. The van der Waals surface area contributed by atoms with E-state index in [4.69, 9.17) is 4.74 Å².